The van der Waals surface area contributed by atoms with Crippen LogP contribution in [0.4, 0.5) is 0 Å². The topological polar surface area (TPSA) is 35.1 Å². The molecule has 0 heterocycles. The van der Waals surface area contributed by atoms with Gasteiger partial charge < -0.3 is 4.55 Å². The van der Waals surface area contributed by atoms with Gasteiger partial charge >= 0.3 is 0 Å². The standard InChI is InChI=1S/C25H27NOS/c1-3-24(26-28(27)21-16-12-18(2)13-17-21)25-22-10-6-4-8-19(22)14-15-20-9-5-7-11-23(20)25/h4-13,16-17,24-26H,3,14-15H2,1-2H3/t24-,28?/m1/s1. The van der Waals surface area contributed by atoms with Crippen LogP contribution in [0.1, 0.15) is 47.1 Å². The van der Waals surface area contributed by atoms with Gasteiger partial charge in [0.25, 0.3) is 0 Å². The first-order valence-corrected chi connectivity index (χ1v) is 11.2. The molecule has 3 aromatic rings. The van der Waals surface area contributed by atoms with Gasteiger partial charge in [0.1, 0.15) is 0 Å². The summed E-state index contributed by atoms with van der Waals surface area (Å²) in [7, 11) is 0. The Morgan fingerprint density at radius 1 is 0.893 bits per heavy atom. The molecule has 0 bridgehead atoms. The number of hydrogen-bond acceptors (Lipinski definition) is 2. The monoisotopic (exact) mass is 389 g/mol. The van der Waals surface area contributed by atoms with Crippen LogP contribution in [0, 0.1) is 6.92 Å². The van der Waals surface area contributed by atoms with Crippen LogP contribution in [0.3, 0.4) is 0 Å². The van der Waals surface area contributed by atoms with Crippen molar-refractivity contribution in [2.45, 2.75) is 50.0 Å². The minimum absolute atomic E-state index is 0.0996. The first-order valence-electron chi connectivity index (χ1n) is 10.1. The molecule has 28 heavy (non-hydrogen) atoms. The molecular weight excluding hydrogens is 362 g/mol. The Kier molecular flexibility index (Phi) is 5.86. The van der Waals surface area contributed by atoms with Crippen LogP contribution in [0.25, 0.3) is 0 Å². The van der Waals surface area contributed by atoms with Crippen LogP contribution in [0.5, 0.6) is 0 Å². The van der Waals surface area contributed by atoms with E-state index in [1.165, 1.54) is 27.8 Å². The Labute approximate surface area is 171 Å². The van der Waals surface area contributed by atoms with Gasteiger partial charge in [-0.15, -0.1) is 4.72 Å². The van der Waals surface area contributed by atoms with E-state index in [1.54, 1.807) is 0 Å². The highest BCUT2D eigenvalue weighted by Gasteiger charge is 2.32. The molecule has 1 aliphatic rings. The van der Waals surface area contributed by atoms with Crippen molar-refractivity contribution < 1.29 is 4.55 Å². The van der Waals surface area contributed by atoms with E-state index in [4.69, 9.17) is 0 Å². The molecule has 0 aromatic heterocycles. The zero-order valence-electron chi connectivity index (χ0n) is 16.5. The van der Waals surface area contributed by atoms with Crippen LogP contribution < -0.4 is 4.72 Å². The summed E-state index contributed by atoms with van der Waals surface area (Å²) in [5.74, 6) is 0.203. The first-order chi connectivity index (χ1) is 13.7. The maximum Gasteiger partial charge on any atom is 0.173 e. The second-order valence-electron chi connectivity index (χ2n) is 7.59. The average Bonchev–Trinajstić information content (AvgIpc) is 2.89. The van der Waals surface area contributed by atoms with Gasteiger partial charge in [-0.05, 0) is 60.6 Å². The maximum absolute atomic E-state index is 13.1. The summed E-state index contributed by atoms with van der Waals surface area (Å²) in [6, 6.07) is 25.6. The van der Waals surface area contributed by atoms with Crippen molar-refractivity contribution in [3.8, 4) is 0 Å². The summed E-state index contributed by atoms with van der Waals surface area (Å²) in [6.07, 6.45) is 3.02. The highest BCUT2D eigenvalue weighted by molar-refractivity contribution is 7.89. The molecule has 0 radical (unpaired) electrons. The van der Waals surface area contributed by atoms with Crippen molar-refractivity contribution in [1.82, 2.24) is 4.72 Å². The van der Waals surface area contributed by atoms with Crippen LogP contribution in [-0.4, -0.2) is 10.6 Å². The molecule has 144 valence electrons. The lowest BCUT2D eigenvalue weighted by atomic mass is 9.82. The fraction of sp³-hybridized carbons (Fsp3) is 0.280. The molecule has 2 atom stereocenters. The average molecular weight is 390 g/mol. The van der Waals surface area contributed by atoms with Crippen LogP contribution in [0.15, 0.2) is 77.7 Å². The van der Waals surface area contributed by atoms with Crippen molar-refractivity contribution in [1.29, 1.82) is 0 Å². The molecular formula is C25H27NOS. The van der Waals surface area contributed by atoms with E-state index in [-0.39, 0.29) is 12.0 Å². The predicted octanol–water partition coefficient (Wildman–Crippen LogP) is 5.32. The zero-order valence-corrected chi connectivity index (χ0v) is 17.3. The second-order valence-corrected chi connectivity index (χ2v) is 8.83. The third-order valence-corrected chi connectivity index (χ3v) is 7.00. The first kappa shape index (κ1) is 19.3. The van der Waals surface area contributed by atoms with Gasteiger partial charge in [0.15, 0.2) is 4.90 Å². The highest BCUT2D eigenvalue weighted by Crippen LogP contribution is 2.37. The van der Waals surface area contributed by atoms with E-state index >= 15 is 0 Å². The van der Waals surface area contributed by atoms with Crippen molar-refractivity contribution in [3.05, 3.63) is 101 Å². The molecule has 0 aliphatic heterocycles. The summed E-state index contributed by atoms with van der Waals surface area (Å²) in [5.41, 5.74) is 6.73. The SMILES string of the molecule is CC[C@@H](N[S+]([O-])c1ccc(C)cc1)C1c2ccccc2CCc2ccccc21. The third kappa shape index (κ3) is 3.88. The number of rotatable bonds is 5. The molecule has 0 fully saturated rings. The number of nitrogens with one attached hydrogen (secondary N) is 1. The van der Waals surface area contributed by atoms with Crippen molar-refractivity contribution in [2.75, 3.05) is 0 Å². The van der Waals surface area contributed by atoms with Crippen molar-refractivity contribution in [3.63, 3.8) is 0 Å². The van der Waals surface area contributed by atoms with Gasteiger partial charge in [-0.25, -0.2) is 0 Å². The smallest absolute Gasteiger partial charge is 0.173 e. The zero-order chi connectivity index (χ0) is 19.5. The van der Waals surface area contributed by atoms with E-state index in [0.717, 1.165) is 24.2 Å². The molecule has 3 aromatic carbocycles. The van der Waals surface area contributed by atoms with Crippen LogP contribution in [-0.2, 0) is 24.2 Å². The lowest BCUT2D eigenvalue weighted by Gasteiger charge is -2.29. The normalized spacial score (nSPS) is 16.0. The summed E-state index contributed by atoms with van der Waals surface area (Å²) in [4.78, 5) is 0.833. The van der Waals surface area contributed by atoms with Gasteiger partial charge in [-0.1, -0.05) is 73.2 Å². The summed E-state index contributed by atoms with van der Waals surface area (Å²) in [6.45, 7) is 4.23. The third-order valence-electron chi connectivity index (χ3n) is 5.78. The Morgan fingerprint density at radius 2 is 1.43 bits per heavy atom. The minimum Gasteiger partial charge on any atom is -0.593 e. The van der Waals surface area contributed by atoms with E-state index in [9.17, 15) is 4.55 Å². The van der Waals surface area contributed by atoms with Gasteiger partial charge in [-0.3, -0.25) is 0 Å². The predicted molar refractivity (Wildman–Crippen MR) is 117 cm³/mol. The van der Waals surface area contributed by atoms with Crippen molar-refractivity contribution in [2.24, 2.45) is 0 Å². The fourth-order valence-corrected chi connectivity index (χ4v) is 5.35. The molecule has 0 amide bonds. The van der Waals surface area contributed by atoms with Gasteiger partial charge in [0.2, 0.25) is 0 Å². The molecule has 3 heteroatoms. The minimum atomic E-state index is -1.23. The van der Waals surface area contributed by atoms with E-state index < -0.39 is 11.4 Å². The molecule has 0 saturated heterocycles. The van der Waals surface area contributed by atoms with E-state index in [0.29, 0.717) is 0 Å². The Morgan fingerprint density at radius 3 is 1.96 bits per heavy atom. The molecule has 1 N–H and O–H groups in total. The van der Waals surface area contributed by atoms with Gasteiger partial charge in [0.05, 0.1) is 17.4 Å². The molecule has 1 unspecified atom stereocenters. The number of fused-ring (bicyclic) bond motifs is 2. The molecule has 1 aliphatic carbocycles. The van der Waals surface area contributed by atoms with Crippen LogP contribution >= 0.6 is 0 Å². The van der Waals surface area contributed by atoms with E-state index in [1.807, 2.05) is 31.2 Å². The van der Waals surface area contributed by atoms with E-state index in [2.05, 4.69) is 60.2 Å². The molecule has 0 spiro atoms. The molecule has 4 rings (SSSR count). The fourth-order valence-electron chi connectivity index (χ4n) is 4.26. The summed E-state index contributed by atoms with van der Waals surface area (Å²) in [5, 5.41) is 0. The summed E-state index contributed by atoms with van der Waals surface area (Å²) >= 11 is -1.23. The number of benzene rings is 3. The number of hydrogen-bond donors (Lipinski definition) is 1. The largest absolute Gasteiger partial charge is 0.593 e. The Bertz CT molecular complexity index is 890. The Balaban J connectivity index is 1.71. The Hall–Kier alpha value is -2.07. The van der Waals surface area contributed by atoms with Gasteiger partial charge in [0, 0.05) is 5.92 Å². The highest BCUT2D eigenvalue weighted by atomic mass is 32.2. The van der Waals surface area contributed by atoms with Crippen LogP contribution in [0.2, 0.25) is 0 Å². The van der Waals surface area contributed by atoms with Gasteiger partial charge in [-0.2, -0.15) is 0 Å². The number of aryl methyl sites for hydroxylation is 3. The lowest BCUT2D eigenvalue weighted by Crippen LogP contribution is -2.39. The lowest BCUT2D eigenvalue weighted by molar-refractivity contribution is 0.503. The molecule has 0 saturated carbocycles. The molecule has 2 nitrogen and oxygen atoms in total. The van der Waals surface area contributed by atoms with Crippen molar-refractivity contribution >= 4 is 11.4 Å². The second kappa shape index (κ2) is 8.52. The summed E-state index contributed by atoms with van der Waals surface area (Å²) < 4.78 is 16.5. The maximum atomic E-state index is 13.1. The quantitative estimate of drug-likeness (QED) is 0.600.